The summed E-state index contributed by atoms with van der Waals surface area (Å²) in [5.41, 5.74) is 5.39. The first-order valence-corrected chi connectivity index (χ1v) is 9.31. The highest BCUT2D eigenvalue weighted by molar-refractivity contribution is 7.20. The molecule has 4 nitrogen and oxygen atoms in total. The Balaban J connectivity index is 1.79. The third kappa shape index (κ3) is 2.61. The fourth-order valence-corrected chi connectivity index (χ4v) is 4.16. The second kappa shape index (κ2) is 6.33. The van der Waals surface area contributed by atoms with Gasteiger partial charge in [-0.25, -0.2) is 9.98 Å². The van der Waals surface area contributed by atoms with Crippen molar-refractivity contribution >= 4 is 50.7 Å². The number of pyridine rings is 1. The first kappa shape index (κ1) is 15.8. The van der Waals surface area contributed by atoms with Crippen LogP contribution in [0.15, 0.2) is 48.1 Å². The molecule has 0 radical (unpaired) electrons. The van der Waals surface area contributed by atoms with Crippen LogP contribution in [-0.4, -0.2) is 17.9 Å². The number of fused-ring (bicyclic) bond motifs is 3. The van der Waals surface area contributed by atoms with Gasteiger partial charge in [-0.1, -0.05) is 25.6 Å². The van der Waals surface area contributed by atoms with E-state index in [1.165, 1.54) is 5.56 Å². The lowest BCUT2D eigenvalue weighted by molar-refractivity contribution is 1.14. The van der Waals surface area contributed by atoms with Gasteiger partial charge in [0.25, 0.3) is 0 Å². The van der Waals surface area contributed by atoms with Crippen molar-refractivity contribution in [3.05, 3.63) is 53.5 Å². The van der Waals surface area contributed by atoms with Crippen LogP contribution in [0.2, 0.25) is 0 Å². The Labute approximate surface area is 151 Å². The molecule has 1 N–H and O–H groups in total. The number of aromatic nitrogens is 1. The van der Waals surface area contributed by atoms with Crippen molar-refractivity contribution in [3.8, 4) is 0 Å². The molecule has 0 amide bonds. The van der Waals surface area contributed by atoms with Crippen molar-refractivity contribution in [2.45, 2.75) is 20.3 Å². The van der Waals surface area contributed by atoms with Crippen LogP contribution < -0.4 is 10.2 Å². The third-order valence-electron chi connectivity index (χ3n) is 4.41. The lowest BCUT2D eigenvalue weighted by Crippen LogP contribution is -2.20. The Kier molecular flexibility index (Phi) is 4.01. The van der Waals surface area contributed by atoms with Gasteiger partial charge < -0.3 is 10.2 Å². The molecule has 5 heteroatoms. The molecule has 2 aromatic heterocycles. The van der Waals surface area contributed by atoms with Crippen LogP contribution in [0.4, 0.5) is 17.1 Å². The minimum Gasteiger partial charge on any atom is -0.385 e. The Hall–Kier alpha value is -2.66. The summed E-state index contributed by atoms with van der Waals surface area (Å²) >= 11 is 1.65. The van der Waals surface area contributed by atoms with E-state index in [0.717, 1.165) is 50.8 Å². The number of anilines is 2. The van der Waals surface area contributed by atoms with Crippen molar-refractivity contribution in [3.63, 3.8) is 0 Å². The maximum absolute atomic E-state index is 4.75. The number of hydrogen-bond acceptors (Lipinski definition) is 5. The van der Waals surface area contributed by atoms with Gasteiger partial charge in [-0.15, -0.1) is 11.3 Å². The smallest absolute Gasteiger partial charge is 0.128 e. The van der Waals surface area contributed by atoms with Gasteiger partial charge in [0.05, 0.1) is 21.6 Å². The molecule has 3 aromatic rings. The minimum absolute atomic E-state index is 0.865. The molecule has 126 valence electrons. The van der Waals surface area contributed by atoms with Crippen molar-refractivity contribution in [2.75, 3.05) is 16.8 Å². The lowest BCUT2D eigenvalue weighted by Gasteiger charge is -2.25. The van der Waals surface area contributed by atoms with E-state index < -0.39 is 0 Å². The summed E-state index contributed by atoms with van der Waals surface area (Å²) in [5, 5.41) is 4.49. The molecular weight excluding hydrogens is 328 g/mol. The molecule has 0 aliphatic carbocycles. The molecule has 0 saturated carbocycles. The van der Waals surface area contributed by atoms with E-state index in [2.05, 4.69) is 55.0 Å². The van der Waals surface area contributed by atoms with E-state index in [4.69, 9.17) is 4.99 Å². The first-order chi connectivity index (χ1) is 12.2. The number of nitrogens with zero attached hydrogens (tertiary/aromatic N) is 3. The lowest BCUT2D eigenvalue weighted by atomic mass is 10.1. The van der Waals surface area contributed by atoms with Gasteiger partial charge in [-0.2, -0.15) is 0 Å². The summed E-state index contributed by atoms with van der Waals surface area (Å²) in [4.78, 5) is 13.4. The summed E-state index contributed by atoms with van der Waals surface area (Å²) in [6.45, 7) is 9.44. The fourth-order valence-electron chi connectivity index (χ4n) is 3.07. The molecule has 0 bridgehead atoms. The molecule has 1 aliphatic heterocycles. The Morgan fingerprint density at radius 3 is 2.68 bits per heavy atom. The van der Waals surface area contributed by atoms with E-state index in [-0.39, 0.29) is 0 Å². The first-order valence-electron chi connectivity index (χ1n) is 8.50. The Morgan fingerprint density at radius 1 is 1.16 bits per heavy atom. The number of rotatable bonds is 4. The van der Waals surface area contributed by atoms with E-state index in [0.29, 0.717) is 0 Å². The summed E-state index contributed by atoms with van der Waals surface area (Å²) in [6.07, 6.45) is 4.74. The van der Waals surface area contributed by atoms with Crippen LogP contribution >= 0.6 is 11.3 Å². The van der Waals surface area contributed by atoms with Crippen molar-refractivity contribution in [2.24, 2.45) is 4.99 Å². The van der Waals surface area contributed by atoms with Crippen LogP contribution in [0.3, 0.4) is 0 Å². The standard InChI is InChI=1S/C20H20N4S/c1-4-14-6-8-15(9-7-14)24-12-23-18-17-16(21-5-2)10-11-22-20(17)25-19(18)13(24)3/h6-12H,3-5H2,1-2H3,(H,21,22). The molecule has 0 unspecified atom stereocenters. The molecular formula is C20H20N4S. The van der Waals surface area contributed by atoms with Gasteiger partial charge in [-0.3, -0.25) is 0 Å². The highest BCUT2D eigenvalue weighted by Crippen LogP contribution is 2.46. The van der Waals surface area contributed by atoms with Crippen LogP contribution in [0, 0.1) is 0 Å². The van der Waals surface area contributed by atoms with Gasteiger partial charge in [-0.05, 0) is 37.1 Å². The molecule has 25 heavy (non-hydrogen) atoms. The highest BCUT2D eigenvalue weighted by Gasteiger charge is 2.24. The number of nitrogens with one attached hydrogen (secondary N) is 1. The molecule has 0 atom stereocenters. The average Bonchev–Trinajstić information content (AvgIpc) is 3.03. The van der Waals surface area contributed by atoms with Crippen LogP contribution in [0.25, 0.3) is 15.9 Å². The van der Waals surface area contributed by atoms with Gasteiger partial charge in [0, 0.05) is 24.1 Å². The third-order valence-corrected chi connectivity index (χ3v) is 5.55. The second-order valence-electron chi connectivity index (χ2n) is 5.93. The van der Waals surface area contributed by atoms with Crippen LogP contribution in [0.5, 0.6) is 0 Å². The summed E-state index contributed by atoms with van der Waals surface area (Å²) in [6, 6.07) is 10.6. The minimum atomic E-state index is 0.865. The number of aliphatic imine (C=N–C) groups is 1. The van der Waals surface area contributed by atoms with E-state index in [9.17, 15) is 0 Å². The molecule has 3 heterocycles. The van der Waals surface area contributed by atoms with Gasteiger partial charge in [0.15, 0.2) is 0 Å². The zero-order chi connectivity index (χ0) is 17.4. The quantitative estimate of drug-likeness (QED) is 0.682. The largest absolute Gasteiger partial charge is 0.385 e. The van der Waals surface area contributed by atoms with E-state index >= 15 is 0 Å². The van der Waals surface area contributed by atoms with Crippen molar-refractivity contribution < 1.29 is 0 Å². The van der Waals surface area contributed by atoms with Gasteiger partial charge >= 0.3 is 0 Å². The zero-order valence-electron chi connectivity index (χ0n) is 14.4. The zero-order valence-corrected chi connectivity index (χ0v) is 15.2. The van der Waals surface area contributed by atoms with Crippen LogP contribution in [0.1, 0.15) is 24.3 Å². The molecule has 1 aromatic carbocycles. The van der Waals surface area contributed by atoms with Crippen LogP contribution in [-0.2, 0) is 6.42 Å². The van der Waals surface area contributed by atoms with Gasteiger partial charge in [0.2, 0.25) is 0 Å². The van der Waals surface area contributed by atoms with E-state index in [1.54, 1.807) is 11.3 Å². The summed E-state index contributed by atoms with van der Waals surface area (Å²) in [7, 11) is 0. The Bertz CT molecular complexity index is 969. The predicted molar refractivity (Wildman–Crippen MR) is 109 cm³/mol. The monoisotopic (exact) mass is 348 g/mol. The SMILES string of the molecule is C=C1c2sc3nccc(NCC)c3c2N=CN1c1ccc(CC)cc1. The normalized spacial score (nSPS) is 13.4. The molecule has 0 spiro atoms. The summed E-state index contributed by atoms with van der Waals surface area (Å²) < 4.78 is 0. The molecule has 4 rings (SSSR count). The van der Waals surface area contributed by atoms with Crippen molar-refractivity contribution in [1.29, 1.82) is 0 Å². The fraction of sp³-hybridized carbons (Fsp3) is 0.200. The predicted octanol–water partition coefficient (Wildman–Crippen LogP) is 5.44. The van der Waals surface area contributed by atoms with Crippen molar-refractivity contribution in [1.82, 2.24) is 4.98 Å². The maximum Gasteiger partial charge on any atom is 0.128 e. The van der Waals surface area contributed by atoms with Gasteiger partial charge in [0.1, 0.15) is 11.2 Å². The number of aryl methyl sites for hydroxylation is 1. The molecule has 1 aliphatic rings. The number of benzene rings is 1. The number of thiophene rings is 1. The maximum atomic E-state index is 4.75. The average molecular weight is 348 g/mol. The Morgan fingerprint density at radius 2 is 1.96 bits per heavy atom. The number of hydrogen-bond donors (Lipinski definition) is 1. The summed E-state index contributed by atoms with van der Waals surface area (Å²) in [5.74, 6) is 0. The van der Waals surface area contributed by atoms with E-state index in [1.807, 2.05) is 23.5 Å². The topological polar surface area (TPSA) is 40.5 Å². The molecule has 0 saturated heterocycles. The molecule has 0 fully saturated rings. The highest BCUT2D eigenvalue weighted by atomic mass is 32.1. The second-order valence-corrected chi connectivity index (χ2v) is 6.93.